The van der Waals surface area contributed by atoms with Crippen LogP contribution in [0.3, 0.4) is 0 Å². The van der Waals surface area contributed by atoms with Crippen LogP contribution in [0.5, 0.6) is 0 Å². The average Bonchev–Trinajstić information content (AvgIpc) is 2.03. The topological polar surface area (TPSA) is 34.1 Å². The fourth-order valence-electron chi connectivity index (χ4n) is 1.01. The lowest BCUT2D eigenvalue weighted by atomic mass is 10.1. The van der Waals surface area contributed by atoms with Gasteiger partial charge in [0, 0.05) is 15.6 Å². The molecule has 1 aromatic rings. The standard InChI is InChI=1S/C9H7BrO2/c1-6(12)9-7(5-11)3-2-4-8(9)10/h2-5H,1H3. The average molecular weight is 227 g/mol. The van der Waals surface area contributed by atoms with E-state index in [4.69, 9.17) is 0 Å². The monoisotopic (exact) mass is 226 g/mol. The quantitative estimate of drug-likeness (QED) is 0.574. The van der Waals surface area contributed by atoms with E-state index in [1.165, 1.54) is 6.92 Å². The van der Waals surface area contributed by atoms with Crippen LogP contribution in [0, 0.1) is 0 Å². The first-order valence-electron chi connectivity index (χ1n) is 3.41. The first-order chi connectivity index (χ1) is 5.66. The minimum absolute atomic E-state index is 0.107. The van der Waals surface area contributed by atoms with Crippen molar-refractivity contribution in [2.24, 2.45) is 0 Å². The van der Waals surface area contributed by atoms with Crippen LogP contribution in [-0.4, -0.2) is 12.1 Å². The van der Waals surface area contributed by atoms with Crippen LogP contribution >= 0.6 is 15.9 Å². The molecule has 0 aliphatic rings. The molecule has 0 radical (unpaired) electrons. The zero-order valence-corrected chi connectivity index (χ0v) is 8.09. The maximum absolute atomic E-state index is 11.1. The second kappa shape index (κ2) is 3.63. The molecule has 0 aromatic heterocycles. The molecule has 0 heterocycles. The Hall–Kier alpha value is -0.960. The van der Waals surface area contributed by atoms with Gasteiger partial charge in [0.2, 0.25) is 0 Å². The third-order valence-corrected chi connectivity index (χ3v) is 2.19. The molecule has 0 N–H and O–H groups in total. The molecule has 3 heteroatoms. The Balaban J connectivity index is 3.39. The molecule has 0 saturated heterocycles. The Labute approximate surface area is 78.7 Å². The highest BCUT2D eigenvalue weighted by Gasteiger charge is 2.09. The second-order valence-corrected chi connectivity index (χ2v) is 3.23. The lowest BCUT2D eigenvalue weighted by Crippen LogP contribution is -1.99. The summed E-state index contributed by atoms with van der Waals surface area (Å²) in [6.07, 6.45) is 0.682. The predicted molar refractivity (Wildman–Crippen MR) is 49.5 cm³/mol. The Morgan fingerprint density at radius 3 is 2.58 bits per heavy atom. The van der Waals surface area contributed by atoms with Crippen LogP contribution in [-0.2, 0) is 0 Å². The van der Waals surface area contributed by atoms with Crippen molar-refractivity contribution in [2.45, 2.75) is 6.92 Å². The number of carbonyl (C=O) groups is 2. The van der Waals surface area contributed by atoms with Crippen molar-refractivity contribution in [3.05, 3.63) is 33.8 Å². The fraction of sp³-hybridized carbons (Fsp3) is 0.111. The van der Waals surface area contributed by atoms with Crippen molar-refractivity contribution in [3.8, 4) is 0 Å². The van der Waals surface area contributed by atoms with E-state index in [0.717, 1.165) is 0 Å². The number of halogens is 1. The summed E-state index contributed by atoms with van der Waals surface area (Å²) in [5.74, 6) is -0.107. The highest BCUT2D eigenvalue weighted by molar-refractivity contribution is 9.10. The van der Waals surface area contributed by atoms with Crippen LogP contribution in [0.15, 0.2) is 22.7 Å². The highest BCUT2D eigenvalue weighted by Crippen LogP contribution is 2.19. The van der Waals surface area contributed by atoms with E-state index in [1.807, 2.05) is 0 Å². The number of hydrogen-bond donors (Lipinski definition) is 0. The van der Waals surface area contributed by atoms with Crippen molar-refractivity contribution in [3.63, 3.8) is 0 Å². The van der Waals surface area contributed by atoms with E-state index in [-0.39, 0.29) is 5.78 Å². The summed E-state index contributed by atoms with van der Waals surface area (Å²) in [6, 6.07) is 5.08. The summed E-state index contributed by atoms with van der Waals surface area (Å²) >= 11 is 3.21. The molecule has 62 valence electrons. The molecule has 0 unspecified atom stereocenters. The van der Waals surface area contributed by atoms with Gasteiger partial charge in [-0.15, -0.1) is 0 Å². The van der Waals surface area contributed by atoms with Crippen molar-refractivity contribution in [1.29, 1.82) is 0 Å². The fourth-order valence-corrected chi connectivity index (χ4v) is 1.67. The molecule has 0 spiro atoms. The second-order valence-electron chi connectivity index (χ2n) is 2.38. The molecule has 2 nitrogen and oxygen atoms in total. The van der Waals surface area contributed by atoms with Gasteiger partial charge in [0.15, 0.2) is 12.1 Å². The first kappa shape index (κ1) is 9.13. The molecule has 0 aliphatic heterocycles. The van der Waals surface area contributed by atoms with Gasteiger partial charge in [0.05, 0.1) is 0 Å². The summed E-state index contributed by atoms with van der Waals surface area (Å²) < 4.78 is 0.666. The van der Waals surface area contributed by atoms with E-state index in [2.05, 4.69) is 15.9 Å². The largest absolute Gasteiger partial charge is 0.298 e. The van der Waals surface area contributed by atoms with Gasteiger partial charge in [-0.2, -0.15) is 0 Å². The van der Waals surface area contributed by atoms with Crippen LogP contribution < -0.4 is 0 Å². The third-order valence-electron chi connectivity index (χ3n) is 1.52. The normalized spacial score (nSPS) is 9.50. The molecule has 0 bridgehead atoms. The van der Waals surface area contributed by atoms with E-state index in [9.17, 15) is 9.59 Å². The smallest absolute Gasteiger partial charge is 0.161 e. The van der Waals surface area contributed by atoms with Crippen molar-refractivity contribution >= 4 is 28.0 Å². The summed E-state index contributed by atoms with van der Waals surface area (Å²) in [6.45, 7) is 1.44. The number of aldehydes is 1. The SMILES string of the molecule is CC(=O)c1c(Br)cccc1C=O. The Morgan fingerprint density at radius 2 is 2.17 bits per heavy atom. The maximum atomic E-state index is 11.1. The van der Waals surface area contributed by atoms with Crippen LogP contribution in [0.25, 0.3) is 0 Å². The Bertz CT molecular complexity index is 331. The summed E-state index contributed by atoms with van der Waals surface area (Å²) in [4.78, 5) is 21.6. The van der Waals surface area contributed by atoms with E-state index in [0.29, 0.717) is 21.9 Å². The van der Waals surface area contributed by atoms with Gasteiger partial charge < -0.3 is 0 Å². The van der Waals surface area contributed by atoms with Gasteiger partial charge in [0.25, 0.3) is 0 Å². The van der Waals surface area contributed by atoms with E-state index < -0.39 is 0 Å². The number of rotatable bonds is 2. The third kappa shape index (κ3) is 1.61. The zero-order chi connectivity index (χ0) is 9.14. The van der Waals surface area contributed by atoms with E-state index >= 15 is 0 Å². The lowest BCUT2D eigenvalue weighted by Gasteiger charge is -2.01. The van der Waals surface area contributed by atoms with Crippen molar-refractivity contribution in [1.82, 2.24) is 0 Å². The molecule has 1 rings (SSSR count). The Morgan fingerprint density at radius 1 is 1.50 bits per heavy atom. The molecular weight excluding hydrogens is 220 g/mol. The number of ketones is 1. The molecule has 12 heavy (non-hydrogen) atoms. The molecule has 0 fully saturated rings. The van der Waals surface area contributed by atoms with Gasteiger partial charge in [0.1, 0.15) is 0 Å². The predicted octanol–water partition coefficient (Wildman–Crippen LogP) is 2.46. The lowest BCUT2D eigenvalue weighted by molar-refractivity contribution is 0.100. The maximum Gasteiger partial charge on any atom is 0.161 e. The van der Waals surface area contributed by atoms with Gasteiger partial charge in [-0.25, -0.2) is 0 Å². The summed E-state index contributed by atoms with van der Waals surface area (Å²) in [7, 11) is 0. The van der Waals surface area contributed by atoms with Crippen molar-refractivity contribution < 1.29 is 9.59 Å². The minimum atomic E-state index is -0.107. The zero-order valence-electron chi connectivity index (χ0n) is 6.50. The van der Waals surface area contributed by atoms with Crippen LogP contribution in [0.1, 0.15) is 27.6 Å². The molecule has 0 aliphatic carbocycles. The van der Waals surface area contributed by atoms with Gasteiger partial charge >= 0.3 is 0 Å². The molecule has 0 saturated carbocycles. The van der Waals surface area contributed by atoms with Gasteiger partial charge in [-0.05, 0) is 13.0 Å². The van der Waals surface area contributed by atoms with E-state index in [1.54, 1.807) is 18.2 Å². The van der Waals surface area contributed by atoms with Gasteiger partial charge in [-0.1, -0.05) is 28.1 Å². The number of carbonyl (C=O) groups excluding carboxylic acids is 2. The van der Waals surface area contributed by atoms with Gasteiger partial charge in [-0.3, -0.25) is 9.59 Å². The molecule has 0 amide bonds. The summed E-state index contributed by atoms with van der Waals surface area (Å²) in [5, 5.41) is 0. The Kier molecular flexibility index (Phi) is 2.76. The molecule has 1 aromatic carbocycles. The number of benzene rings is 1. The first-order valence-corrected chi connectivity index (χ1v) is 4.20. The number of Topliss-reactive ketones (excluding diaryl/α,β-unsaturated/α-hetero) is 1. The van der Waals surface area contributed by atoms with Crippen molar-refractivity contribution in [2.75, 3.05) is 0 Å². The highest BCUT2D eigenvalue weighted by atomic mass is 79.9. The number of hydrogen-bond acceptors (Lipinski definition) is 2. The molecular formula is C9H7BrO2. The van der Waals surface area contributed by atoms with Crippen LogP contribution in [0.2, 0.25) is 0 Å². The van der Waals surface area contributed by atoms with Crippen LogP contribution in [0.4, 0.5) is 0 Å². The molecule has 0 atom stereocenters. The minimum Gasteiger partial charge on any atom is -0.298 e. The summed E-state index contributed by atoms with van der Waals surface area (Å²) in [5.41, 5.74) is 0.879.